The lowest BCUT2D eigenvalue weighted by molar-refractivity contribution is 0.203. The highest BCUT2D eigenvalue weighted by molar-refractivity contribution is 5.38. The molecule has 0 aliphatic heterocycles. The highest BCUT2D eigenvalue weighted by atomic mass is 16.5. The predicted molar refractivity (Wildman–Crippen MR) is 65.4 cm³/mol. The molecule has 0 radical (unpaired) electrons. The van der Waals surface area contributed by atoms with Gasteiger partial charge < -0.3 is 15.4 Å². The first kappa shape index (κ1) is 12.7. The van der Waals surface area contributed by atoms with Crippen molar-refractivity contribution in [2.75, 3.05) is 30.9 Å². The molecular formula is C11H20N4O. The van der Waals surface area contributed by atoms with E-state index < -0.39 is 0 Å². The van der Waals surface area contributed by atoms with Crippen LogP contribution in [0.3, 0.4) is 0 Å². The molecule has 0 amide bonds. The average molecular weight is 224 g/mol. The summed E-state index contributed by atoms with van der Waals surface area (Å²) in [7, 11) is 1.69. The Kier molecular flexibility index (Phi) is 4.98. The number of nitrogens with zero attached hydrogens (tertiary/aromatic N) is 3. The number of aromatic nitrogens is 2. The van der Waals surface area contributed by atoms with Gasteiger partial charge in [0.15, 0.2) is 0 Å². The third-order valence-corrected chi connectivity index (χ3v) is 2.58. The minimum Gasteiger partial charge on any atom is -0.384 e. The molecule has 1 rings (SSSR count). The maximum Gasteiger partial charge on any atom is 0.227 e. The van der Waals surface area contributed by atoms with E-state index in [-0.39, 0.29) is 0 Å². The van der Waals surface area contributed by atoms with Crippen molar-refractivity contribution >= 4 is 11.8 Å². The van der Waals surface area contributed by atoms with Gasteiger partial charge in [0.25, 0.3) is 0 Å². The zero-order chi connectivity index (χ0) is 12.0. The lowest BCUT2D eigenvalue weighted by atomic mass is 10.2. The monoisotopic (exact) mass is 224 g/mol. The number of nitrogen functional groups attached to an aromatic ring is 1. The Labute approximate surface area is 96.6 Å². The number of hydrogen-bond donors (Lipinski definition) is 1. The van der Waals surface area contributed by atoms with Gasteiger partial charge in [0, 0.05) is 25.9 Å². The van der Waals surface area contributed by atoms with Gasteiger partial charge in [-0.3, -0.25) is 0 Å². The van der Waals surface area contributed by atoms with Crippen LogP contribution in [0.5, 0.6) is 0 Å². The SMILES string of the molecule is CCC(C)N(CCOC)c1nccc(N)n1. The highest BCUT2D eigenvalue weighted by Crippen LogP contribution is 2.13. The molecule has 16 heavy (non-hydrogen) atoms. The van der Waals surface area contributed by atoms with Gasteiger partial charge in [0.1, 0.15) is 5.82 Å². The van der Waals surface area contributed by atoms with Crippen LogP contribution in [0.2, 0.25) is 0 Å². The molecule has 1 unspecified atom stereocenters. The number of methoxy groups -OCH3 is 1. The van der Waals surface area contributed by atoms with Gasteiger partial charge in [-0.2, -0.15) is 4.98 Å². The zero-order valence-corrected chi connectivity index (χ0v) is 10.2. The Bertz CT molecular complexity index is 319. The number of ether oxygens (including phenoxy) is 1. The minimum atomic E-state index is 0.372. The molecule has 0 aromatic carbocycles. The molecule has 1 aromatic heterocycles. The maximum atomic E-state index is 5.66. The first-order valence-corrected chi connectivity index (χ1v) is 5.53. The Hall–Kier alpha value is -1.36. The van der Waals surface area contributed by atoms with Gasteiger partial charge in [-0.1, -0.05) is 6.92 Å². The standard InChI is InChI=1S/C11H20N4O/c1-4-9(2)15(7-8-16-3)11-13-6-5-10(12)14-11/h5-6,9H,4,7-8H2,1-3H3,(H2,12,13,14). The number of rotatable bonds is 6. The lowest BCUT2D eigenvalue weighted by Crippen LogP contribution is -2.36. The van der Waals surface area contributed by atoms with Crippen molar-refractivity contribution in [1.29, 1.82) is 0 Å². The van der Waals surface area contributed by atoms with Crippen molar-refractivity contribution in [2.45, 2.75) is 26.3 Å². The molecule has 0 bridgehead atoms. The van der Waals surface area contributed by atoms with Gasteiger partial charge >= 0.3 is 0 Å². The van der Waals surface area contributed by atoms with Crippen LogP contribution in [0.4, 0.5) is 11.8 Å². The Morgan fingerprint density at radius 1 is 1.56 bits per heavy atom. The van der Waals surface area contributed by atoms with Crippen molar-refractivity contribution in [1.82, 2.24) is 9.97 Å². The van der Waals surface area contributed by atoms with Crippen molar-refractivity contribution in [3.63, 3.8) is 0 Å². The van der Waals surface area contributed by atoms with E-state index in [0.717, 1.165) is 13.0 Å². The van der Waals surface area contributed by atoms with Crippen molar-refractivity contribution in [3.05, 3.63) is 12.3 Å². The quantitative estimate of drug-likeness (QED) is 0.789. The summed E-state index contributed by atoms with van der Waals surface area (Å²) in [6, 6.07) is 2.06. The summed E-state index contributed by atoms with van der Waals surface area (Å²) in [5, 5.41) is 0. The molecule has 2 N–H and O–H groups in total. The van der Waals surface area contributed by atoms with E-state index in [1.807, 2.05) is 0 Å². The van der Waals surface area contributed by atoms with Gasteiger partial charge in [-0.05, 0) is 19.4 Å². The topological polar surface area (TPSA) is 64.3 Å². The fourth-order valence-electron chi connectivity index (χ4n) is 1.43. The van der Waals surface area contributed by atoms with E-state index in [0.29, 0.717) is 24.4 Å². The highest BCUT2D eigenvalue weighted by Gasteiger charge is 2.15. The predicted octanol–water partition coefficient (Wildman–Crippen LogP) is 1.31. The molecule has 1 aromatic rings. The van der Waals surface area contributed by atoms with Crippen LogP contribution in [0.25, 0.3) is 0 Å². The molecule has 0 saturated carbocycles. The van der Waals surface area contributed by atoms with Crippen LogP contribution in [0, 0.1) is 0 Å². The Morgan fingerprint density at radius 2 is 2.31 bits per heavy atom. The molecule has 0 spiro atoms. The molecule has 90 valence electrons. The third-order valence-electron chi connectivity index (χ3n) is 2.58. The van der Waals surface area contributed by atoms with Crippen LogP contribution in [0.15, 0.2) is 12.3 Å². The molecule has 5 nitrogen and oxygen atoms in total. The maximum absolute atomic E-state index is 5.66. The summed E-state index contributed by atoms with van der Waals surface area (Å²) in [6.45, 7) is 5.70. The van der Waals surface area contributed by atoms with Crippen LogP contribution >= 0.6 is 0 Å². The zero-order valence-electron chi connectivity index (χ0n) is 10.2. The van der Waals surface area contributed by atoms with Gasteiger partial charge in [0.05, 0.1) is 6.61 Å². The summed E-state index contributed by atoms with van der Waals surface area (Å²) in [4.78, 5) is 10.6. The molecule has 0 fully saturated rings. The lowest BCUT2D eigenvalue weighted by Gasteiger charge is -2.28. The average Bonchev–Trinajstić information content (AvgIpc) is 2.29. The van der Waals surface area contributed by atoms with Crippen LogP contribution in [-0.2, 0) is 4.74 Å². The Balaban J connectivity index is 2.82. The fourth-order valence-corrected chi connectivity index (χ4v) is 1.43. The van der Waals surface area contributed by atoms with Gasteiger partial charge in [-0.15, -0.1) is 0 Å². The van der Waals surface area contributed by atoms with Crippen LogP contribution < -0.4 is 10.6 Å². The summed E-state index contributed by atoms with van der Waals surface area (Å²) in [5.74, 6) is 1.17. The van der Waals surface area contributed by atoms with Crippen molar-refractivity contribution < 1.29 is 4.74 Å². The minimum absolute atomic E-state index is 0.372. The number of anilines is 2. The van der Waals surface area contributed by atoms with E-state index in [2.05, 4.69) is 28.7 Å². The third kappa shape index (κ3) is 3.34. The second kappa shape index (κ2) is 6.27. The van der Waals surface area contributed by atoms with Crippen molar-refractivity contribution in [2.24, 2.45) is 0 Å². The van der Waals surface area contributed by atoms with Gasteiger partial charge in [0.2, 0.25) is 5.95 Å². The largest absolute Gasteiger partial charge is 0.384 e. The second-order valence-electron chi connectivity index (χ2n) is 3.72. The van der Waals surface area contributed by atoms with E-state index in [9.17, 15) is 0 Å². The summed E-state index contributed by atoms with van der Waals surface area (Å²) in [6.07, 6.45) is 2.71. The normalized spacial score (nSPS) is 12.4. The number of nitrogens with two attached hydrogens (primary N) is 1. The molecule has 0 aliphatic rings. The van der Waals surface area contributed by atoms with Gasteiger partial charge in [-0.25, -0.2) is 4.98 Å². The summed E-state index contributed by atoms with van der Waals surface area (Å²) in [5.41, 5.74) is 5.66. The summed E-state index contributed by atoms with van der Waals surface area (Å²) >= 11 is 0. The van der Waals surface area contributed by atoms with Crippen LogP contribution in [0.1, 0.15) is 20.3 Å². The Morgan fingerprint density at radius 3 is 2.88 bits per heavy atom. The molecule has 5 heteroatoms. The first-order chi connectivity index (χ1) is 7.69. The van der Waals surface area contributed by atoms with E-state index in [1.165, 1.54) is 0 Å². The molecule has 0 aliphatic carbocycles. The second-order valence-corrected chi connectivity index (χ2v) is 3.72. The number of hydrogen-bond acceptors (Lipinski definition) is 5. The first-order valence-electron chi connectivity index (χ1n) is 5.53. The summed E-state index contributed by atoms with van der Waals surface area (Å²) < 4.78 is 5.09. The van der Waals surface area contributed by atoms with E-state index in [4.69, 9.17) is 10.5 Å². The molecule has 1 atom stereocenters. The van der Waals surface area contributed by atoms with Crippen LogP contribution in [-0.4, -0.2) is 36.3 Å². The smallest absolute Gasteiger partial charge is 0.227 e. The molecular weight excluding hydrogens is 204 g/mol. The molecule has 0 saturated heterocycles. The van der Waals surface area contributed by atoms with Crippen molar-refractivity contribution in [3.8, 4) is 0 Å². The molecule has 1 heterocycles. The van der Waals surface area contributed by atoms with E-state index >= 15 is 0 Å². The van der Waals surface area contributed by atoms with E-state index in [1.54, 1.807) is 19.4 Å². The fraction of sp³-hybridized carbons (Fsp3) is 0.636.